The van der Waals surface area contributed by atoms with Crippen molar-refractivity contribution < 1.29 is 9.47 Å². The summed E-state index contributed by atoms with van der Waals surface area (Å²) < 4.78 is 12.4. The van der Waals surface area contributed by atoms with E-state index in [2.05, 4.69) is 20.9 Å². The molecule has 4 heteroatoms. The summed E-state index contributed by atoms with van der Waals surface area (Å²) in [6.45, 7) is 0. The van der Waals surface area contributed by atoms with Crippen LogP contribution < -0.4 is 9.47 Å². The summed E-state index contributed by atoms with van der Waals surface area (Å²) >= 11 is 3.39. The standard InChI is InChI=1S/C17H12BrNO2/c18-13-3-5-14(6-4-13)20-15-7-9-16(10-8-15)21-17-2-1-11-19-12-17/h1-12H. The second-order valence-electron chi connectivity index (χ2n) is 4.32. The molecule has 2 aromatic carbocycles. The molecule has 3 nitrogen and oxygen atoms in total. The van der Waals surface area contributed by atoms with Crippen LogP contribution in [0, 0.1) is 0 Å². The molecule has 21 heavy (non-hydrogen) atoms. The van der Waals surface area contributed by atoms with Gasteiger partial charge in [-0.25, -0.2) is 0 Å². The maximum atomic E-state index is 5.75. The van der Waals surface area contributed by atoms with E-state index in [1.54, 1.807) is 12.4 Å². The molecule has 0 saturated carbocycles. The van der Waals surface area contributed by atoms with Crippen LogP contribution in [0.4, 0.5) is 0 Å². The van der Waals surface area contributed by atoms with Crippen molar-refractivity contribution in [2.75, 3.05) is 0 Å². The third-order valence-corrected chi connectivity index (χ3v) is 3.27. The highest BCUT2D eigenvalue weighted by Gasteiger charge is 2.00. The summed E-state index contributed by atoms with van der Waals surface area (Å²) in [4.78, 5) is 4.01. The molecule has 0 N–H and O–H groups in total. The zero-order chi connectivity index (χ0) is 14.5. The van der Waals surface area contributed by atoms with E-state index in [9.17, 15) is 0 Å². The van der Waals surface area contributed by atoms with Crippen molar-refractivity contribution in [3.63, 3.8) is 0 Å². The van der Waals surface area contributed by atoms with E-state index < -0.39 is 0 Å². The first-order valence-electron chi connectivity index (χ1n) is 6.41. The Labute approximate surface area is 131 Å². The van der Waals surface area contributed by atoms with Gasteiger partial charge >= 0.3 is 0 Å². The molecule has 0 radical (unpaired) electrons. The van der Waals surface area contributed by atoms with Crippen molar-refractivity contribution in [1.82, 2.24) is 4.98 Å². The molecule has 0 amide bonds. The second kappa shape index (κ2) is 6.41. The van der Waals surface area contributed by atoms with E-state index in [-0.39, 0.29) is 0 Å². The van der Waals surface area contributed by atoms with Gasteiger partial charge in [-0.2, -0.15) is 0 Å². The molecule has 0 spiro atoms. The van der Waals surface area contributed by atoms with E-state index in [4.69, 9.17) is 9.47 Å². The molecule has 0 aliphatic rings. The molecule has 3 rings (SSSR count). The van der Waals surface area contributed by atoms with Crippen LogP contribution in [0.2, 0.25) is 0 Å². The maximum absolute atomic E-state index is 5.75. The number of halogens is 1. The third kappa shape index (κ3) is 3.83. The summed E-state index contributed by atoms with van der Waals surface area (Å²) in [6, 6.07) is 18.8. The van der Waals surface area contributed by atoms with Crippen LogP contribution in [0.3, 0.4) is 0 Å². The minimum absolute atomic E-state index is 0.707. The monoisotopic (exact) mass is 341 g/mol. The van der Waals surface area contributed by atoms with Crippen LogP contribution in [0.15, 0.2) is 77.5 Å². The minimum atomic E-state index is 0.707. The quantitative estimate of drug-likeness (QED) is 0.634. The lowest BCUT2D eigenvalue weighted by Gasteiger charge is -2.08. The fourth-order valence-corrected chi connectivity index (χ4v) is 2.02. The van der Waals surface area contributed by atoms with Crippen molar-refractivity contribution in [1.29, 1.82) is 0 Å². The van der Waals surface area contributed by atoms with Gasteiger partial charge < -0.3 is 9.47 Å². The molecule has 0 atom stereocenters. The van der Waals surface area contributed by atoms with Gasteiger partial charge in [0.1, 0.15) is 23.0 Å². The Balaban J connectivity index is 1.68. The summed E-state index contributed by atoms with van der Waals surface area (Å²) in [7, 11) is 0. The molecule has 1 aromatic heterocycles. The zero-order valence-electron chi connectivity index (χ0n) is 11.1. The Kier molecular flexibility index (Phi) is 4.17. The number of ether oxygens (including phenoxy) is 2. The van der Waals surface area contributed by atoms with Gasteiger partial charge in [0, 0.05) is 10.7 Å². The number of hydrogen-bond donors (Lipinski definition) is 0. The van der Waals surface area contributed by atoms with Gasteiger partial charge in [-0.05, 0) is 60.7 Å². The zero-order valence-corrected chi connectivity index (χ0v) is 12.7. The van der Waals surface area contributed by atoms with E-state index >= 15 is 0 Å². The van der Waals surface area contributed by atoms with Crippen LogP contribution in [-0.2, 0) is 0 Å². The van der Waals surface area contributed by atoms with Crippen LogP contribution in [-0.4, -0.2) is 4.98 Å². The predicted molar refractivity (Wildman–Crippen MR) is 85.0 cm³/mol. The number of pyridine rings is 1. The van der Waals surface area contributed by atoms with E-state index in [1.165, 1.54) is 0 Å². The number of rotatable bonds is 4. The SMILES string of the molecule is Brc1ccc(Oc2ccc(Oc3cccnc3)cc2)cc1. The average Bonchev–Trinajstić information content (AvgIpc) is 2.53. The molecule has 1 heterocycles. The van der Waals surface area contributed by atoms with E-state index in [0.29, 0.717) is 5.75 Å². The van der Waals surface area contributed by atoms with Gasteiger partial charge in [0.2, 0.25) is 0 Å². The van der Waals surface area contributed by atoms with Crippen molar-refractivity contribution >= 4 is 15.9 Å². The lowest BCUT2D eigenvalue weighted by atomic mass is 10.3. The molecule has 0 bridgehead atoms. The van der Waals surface area contributed by atoms with E-state index in [0.717, 1.165) is 21.7 Å². The number of benzene rings is 2. The van der Waals surface area contributed by atoms with Crippen LogP contribution in [0.1, 0.15) is 0 Å². The minimum Gasteiger partial charge on any atom is -0.457 e. The number of hydrogen-bond acceptors (Lipinski definition) is 3. The van der Waals surface area contributed by atoms with Gasteiger partial charge in [0.15, 0.2) is 0 Å². The molecule has 0 aliphatic heterocycles. The Morgan fingerprint density at radius 1 is 0.667 bits per heavy atom. The molecular formula is C17H12BrNO2. The van der Waals surface area contributed by atoms with Crippen LogP contribution in [0.25, 0.3) is 0 Å². The normalized spacial score (nSPS) is 10.1. The molecular weight excluding hydrogens is 330 g/mol. The van der Waals surface area contributed by atoms with Crippen molar-refractivity contribution in [2.24, 2.45) is 0 Å². The van der Waals surface area contributed by atoms with Crippen molar-refractivity contribution in [2.45, 2.75) is 0 Å². The first-order valence-corrected chi connectivity index (χ1v) is 7.20. The largest absolute Gasteiger partial charge is 0.457 e. The van der Waals surface area contributed by atoms with Gasteiger partial charge in [-0.15, -0.1) is 0 Å². The Morgan fingerprint density at radius 3 is 1.71 bits per heavy atom. The average molecular weight is 342 g/mol. The van der Waals surface area contributed by atoms with Gasteiger partial charge in [0.05, 0.1) is 6.20 Å². The Hall–Kier alpha value is -2.33. The molecule has 104 valence electrons. The van der Waals surface area contributed by atoms with Gasteiger partial charge in [0.25, 0.3) is 0 Å². The van der Waals surface area contributed by atoms with Crippen molar-refractivity contribution in [3.05, 3.63) is 77.5 Å². The maximum Gasteiger partial charge on any atom is 0.145 e. The highest BCUT2D eigenvalue weighted by Crippen LogP contribution is 2.27. The molecule has 0 fully saturated rings. The topological polar surface area (TPSA) is 31.4 Å². The first-order chi connectivity index (χ1) is 10.3. The summed E-state index contributed by atoms with van der Waals surface area (Å²) in [5.74, 6) is 3.00. The van der Waals surface area contributed by atoms with E-state index in [1.807, 2.05) is 60.7 Å². The second-order valence-corrected chi connectivity index (χ2v) is 5.23. The van der Waals surface area contributed by atoms with Crippen molar-refractivity contribution in [3.8, 4) is 23.0 Å². The number of aromatic nitrogens is 1. The third-order valence-electron chi connectivity index (χ3n) is 2.74. The van der Waals surface area contributed by atoms with Crippen LogP contribution >= 0.6 is 15.9 Å². The fourth-order valence-electron chi connectivity index (χ4n) is 1.76. The lowest BCUT2D eigenvalue weighted by molar-refractivity contribution is 0.468. The molecule has 0 unspecified atom stereocenters. The highest BCUT2D eigenvalue weighted by atomic mass is 79.9. The summed E-state index contributed by atoms with van der Waals surface area (Å²) in [6.07, 6.45) is 3.38. The molecule has 3 aromatic rings. The Bertz CT molecular complexity index is 697. The first kappa shape index (κ1) is 13.6. The number of nitrogens with zero attached hydrogens (tertiary/aromatic N) is 1. The van der Waals surface area contributed by atoms with Crippen LogP contribution in [0.5, 0.6) is 23.0 Å². The van der Waals surface area contributed by atoms with Gasteiger partial charge in [-0.3, -0.25) is 4.98 Å². The lowest BCUT2D eigenvalue weighted by Crippen LogP contribution is -1.86. The summed E-state index contributed by atoms with van der Waals surface area (Å²) in [5.41, 5.74) is 0. The summed E-state index contributed by atoms with van der Waals surface area (Å²) in [5, 5.41) is 0. The predicted octanol–water partition coefficient (Wildman–Crippen LogP) is 5.43. The highest BCUT2D eigenvalue weighted by molar-refractivity contribution is 9.10. The molecule has 0 aliphatic carbocycles. The van der Waals surface area contributed by atoms with Gasteiger partial charge in [-0.1, -0.05) is 15.9 Å². The molecule has 0 saturated heterocycles. The fraction of sp³-hybridized carbons (Fsp3) is 0. The smallest absolute Gasteiger partial charge is 0.145 e. The Morgan fingerprint density at radius 2 is 1.19 bits per heavy atom.